The Morgan fingerprint density at radius 1 is 0.600 bits per heavy atom. The van der Waals surface area contributed by atoms with Crippen molar-refractivity contribution >= 4 is 0 Å². The topological polar surface area (TPSA) is 20.2 Å². The summed E-state index contributed by atoms with van der Waals surface area (Å²) < 4.78 is 0. The van der Waals surface area contributed by atoms with Gasteiger partial charge in [-0.2, -0.15) is 0 Å². The molecule has 0 aliphatic rings. The van der Waals surface area contributed by atoms with E-state index in [9.17, 15) is 5.11 Å². The lowest BCUT2D eigenvalue weighted by Crippen LogP contribution is -2.38. The standard InChI is InChI=1S/C24H46O/c1-6-7-8-9-10-11-12-13-14-15-16-17-18-19-20-21-22-24(5,25)23(2,3)4/h25H,6-20H2,1-5H3. The summed E-state index contributed by atoms with van der Waals surface area (Å²) in [7, 11) is 0. The highest BCUT2D eigenvalue weighted by atomic mass is 16.3. The number of hydrogen-bond acceptors (Lipinski definition) is 1. The van der Waals surface area contributed by atoms with E-state index in [0.29, 0.717) is 0 Å². The molecular formula is C24H46O. The summed E-state index contributed by atoms with van der Waals surface area (Å²) in [6.07, 6.45) is 20.3. The Morgan fingerprint density at radius 3 is 1.32 bits per heavy atom. The average Bonchev–Trinajstić information content (AvgIpc) is 2.53. The lowest BCUT2D eigenvalue weighted by atomic mass is 9.78. The van der Waals surface area contributed by atoms with Gasteiger partial charge in [-0.05, 0) is 13.3 Å². The van der Waals surface area contributed by atoms with Crippen LogP contribution in [0.5, 0.6) is 0 Å². The molecule has 0 amide bonds. The van der Waals surface area contributed by atoms with Crippen molar-refractivity contribution in [3.05, 3.63) is 0 Å². The molecule has 0 rings (SSSR count). The molecule has 0 fully saturated rings. The number of unbranched alkanes of at least 4 members (excludes halogenated alkanes) is 14. The van der Waals surface area contributed by atoms with Crippen LogP contribution in [-0.2, 0) is 0 Å². The monoisotopic (exact) mass is 350 g/mol. The Morgan fingerprint density at radius 2 is 0.960 bits per heavy atom. The summed E-state index contributed by atoms with van der Waals surface area (Å²) in [6, 6.07) is 0. The number of rotatable bonds is 14. The maximum Gasteiger partial charge on any atom is 0.127 e. The van der Waals surface area contributed by atoms with Gasteiger partial charge in [0.05, 0.1) is 0 Å². The van der Waals surface area contributed by atoms with Gasteiger partial charge in [0.25, 0.3) is 0 Å². The fourth-order valence-corrected chi connectivity index (χ4v) is 2.83. The van der Waals surface area contributed by atoms with E-state index in [0.717, 1.165) is 6.42 Å². The third kappa shape index (κ3) is 14.4. The van der Waals surface area contributed by atoms with E-state index >= 15 is 0 Å². The molecule has 0 radical (unpaired) electrons. The fraction of sp³-hybridized carbons (Fsp3) is 0.917. The van der Waals surface area contributed by atoms with Crippen LogP contribution in [0, 0.1) is 17.3 Å². The van der Waals surface area contributed by atoms with Crippen LogP contribution >= 0.6 is 0 Å². The van der Waals surface area contributed by atoms with Crippen LogP contribution in [-0.4, -0.2) is 10.7 Å². The van der Waals surface area contributed by atoms with Crippen LogP contribution in [0.4, 0.5) is 0 Å². The molecule has 1 atom stereocenters. The predicted molar refractivity (Wildman–Crippen MR) is 113 cm³/mol. The highest BCUT2D eigenvalue weighted by molar-refractivity contribution is 5.16. The Kier molecular flexibility index (Phi) is 14.4. The Bertz CT molecular complexity index is 351. The Balaban J connectivity index is 3.35. The molecular weight excluding hydrogens is 304 g/mol. The summed E-state index contributed by atoms with van der Waals surface area (Å²) in [5.74, 6) is 6.23. The molecule has 0 aromatic rings. The van der Waals surface area contributed by atoms with Crippen LogP contribution in [0.1, 0.15) is 131 Å². The molecule has 0 saturated carbocycles. The van der Waals surface area contributed by atoms with Gasteiger partial charge in [0.1, 0.15) is 5.60 Å². The van der Waals surface area contributed by atoms with Crippen molar-refractivity contribution in [2.24, 2.45) is 5.41 Å². The Labute approximate surface area is 159 Å². The van der Waals surface area contributed by atoms with Gasteiger partial charge in [-0.25, -0.2) is 0 Å². The van der Waals surface area contributed by atoms with Crippen molar-refractivity contribution in [3.8, 4) is 11.8 Å². The van der Waals surface area contributed by atoms with Gasteiger partial charge in [-0.3, -0.25) is 0 Å². The molecule has 0 aliphatic heterocycles. The van der Waals surface area contributed by atoms with Gasteiger partial charge in [-0.1, -0.05) is 117 Å². The molecule has 0 heterocycles. The minimum atomic E-state index is -0.886. The molecule has 1 unspecified atom stereocenters. The maximum atomic E-state index is 10.3. The molecule has 1 heteroatoms. The first-order chi connectivity index (χ1) is 11.8. The molecule has 0 aromatic carbocycles. The van der Waals surface area contributed by atoms with E-state index in [1.807, 2.05) is 27.7 Å². The quantitative estimate of drug-likeness (QED) is 0.252. The van der Waals surface area contributed by atoms with Crippen molar-refractivity contribution in [1.82, 2.24) is 0 Å². The van der Waals surface area contributed by atoms with E-state index < -0.39 is 5.60 Å². The summed E-state index contributed by atoms with van der Waals surface area (Å²) >= 11 is 0. The third-order valence-electron chi connectivity index (χ3n) is 5.45. The number of hydrogen-bond donors (Lipinski definition) is 1. The van der Waals surface area contributed by atoms with E-state index in [-0.39, 0.29) is 5.41 Å². The van der Waals surface area contributed by atoms with Gasteiger partial charge in [0.15, 0.2) is 0 Å². The predicted octanol–water partition coefficient (Wildman–Crippen LogP) is 7.66. The van der Waals surface area contributed by atoms with Gasteiger partial charge in [-0.15, -0.1) is 5.92 Å². The van der Waals surface area contributed by atoms with Crippen molar-refractivity contribution in [3.63, 3.8) is 0 Å². The molecule has 148 valence electrons. The molecule has 0 spiro atoms. The highest BCUT2D eigenvalue weighted by Gasteiger charge is 2.33. The summed E-state index contributed by atoms with van der Waals surface area (Å²) in [5.41, 5.74) is -1.07. The van der Waals surface area contributed by atoms with Gasteiger partial charge in [0.2, 0.25) is 0 Å². The van der Waals surface area contributed by atoms with Crippen molar-refractivity contribution in [2.75, 3.05) is 0 Å². The lowest BCUT2D eigenvalue weighted by Gasteiger charge is -2.32. The zero-order valence-corrected chi connectivity index (χ0v) is 18.1. The zero-order valence-electron chi connectivity index (χ0n) is 18.1. The molecule has 0 aromatic heterocycles. The van der Waals surface area contributed by atoms with Gasteiger partial charge in [0, 0.05) is 11.8 Å². The number of aliphatic hydroxyl groups is 1. The van der Waals surface area contributed by atoms with Crippen LogP contribution in [0.2, 0.25) is 0 Å². The van der Waals surface area contributed by atoms with E-state index in [1.54, 1.807) is 0 Å². The third-order valence-corrected chi connectivity index (χ3v) is 5.45. The summed E-state index contributed by atoms with van der Waals surface area (Å²) in [6.45, 7) is 10.2. The molecule has 1 nitrogen and oxygen atoms in total. The first kappa shape index (κ1) is 24.5. The van der Waals surface area contributed by atoms with E-state index in [2.05, 4.69) is 18.8 Å². The molecule has 0 saturated heterocycles. The van der Waals surface area contributed by atoms with Crippen LogP contribution in [0.25, 0.3) is 0 Å². The minimum absolute atomic E-state index is 0.185. The van der Waals surface area contributed by atoms with Gasteiger partial charge < -0.3 is 5.11 Å². The Hall–Kier alpha value is -0.480. The van der Waals surface area contributed by atoms with E-state index in [1.165, 1.54) is 89.9 Å². The van der Waals surface area contributed by atoms with Crippen molar-refractivity contribution < 1.29 is 5.11 Å². The SMILES string of the molecule is CCCCCCCCCCCCCCCCC#CC(C)(O)C(C)(C)C. The second kappa shape index (κ2) is 14.7. The molecule has 0 bridgehead atoms. The van der Waals surface area contributed by atoms with Crippen LogP contribution in [0.15, 0.2) is 0 Å². The molecule has 1 N–H and O–H groups in total. The normalized spacial score (nSPS) is 14.0. The smallest absolute Gasteiger partial charge is 0.127 e. The molecule has 25 heavy (non-hydrogen) atoms. The fourth-order valence-electron chi connectivity index (χ4n) is 2.83. The highest BCUT2D eigenvalue weighted by Crippen LogP contribution is 2.29. The lowest BCUT2D eigenvalue weighted by molar-refractivity contribution is 0.0128. The first-order valence-electron chi connectivity index (χ1n) is 11.0. The second-order valence-corrected chi connectivity index (χ2v) is 8.97. The van der Waals surface area contributed by atoms with Crippen LogP contribution < -0.4 is 0 Å². The molecule has 0 aliphatic carbocycles. The minimum Gasteiger partial charge on any atom is -0.377 e. The van der Waals surface area contributed by atoms with Crippen LogP contribution in [0.3, 0.4) is 0 Å². The van der Waals surface area contributed by atoms with Gasteiger partial charge >= 0.3 is 0 Å². The summed E-state index contributed by atoms with van der Waals surface area (Å²) in [4.78, 5) is 0. The van der Waals surface area contributed by atoms with Crippen molar-refractivity contribution in [1.29, 1.82) is 0 Å². The average molecular weight is 351 g/mol. The second-order valence-electron chi connectivity index (χ2n) is 8.97. The summed E-state index contributed by atoms with van der Waals surface area (Å²) in [5, 5.41) is 10.3. The van der Waals surface area contributed by atoms with E-state index in [4.69, 9.17) is 0 Å². The largest absolute Gasteiger partial charge is 0.377 e. The maximum absolute atomic E-state index is 10.3. The van der Waals surface area contributed by atoms with Crippen molar-refractivity contribution in [2.45, 2.75) is 137 Å². The first-order valence-corrected chi connectivity index (χ1v) is 11.0. The zero-order chi connectivity index (χ0) is 19.0.